The third-order valence-corrected chi connectivity index (χ3v) is 6.66. The molecule has 19 heteroatoms. The first-order valence-electron chi connectivity index (χ1n) is 12.0. The minimum atomic E-state index is -1.93. The number of carbonyl (C=O) groups is 1. The van der Waals surface area contributed by atoms with Gasteiger partial charge in [0.2, 0.25) is 5.91 Å². The molecule has 6 unspecified atom stereocenters. The number of ether oxygens (including phenoxy) is 5. The molecule has 0 aromatic rings. The Hall–Kier alpha value is -1.78. The second-order valence-electron chi connectivity index (χ2n) is 9.27. The Balaban J connectivity index is 1.84. The second kappa shape index (κ2) is 13.7. The molecule has 0 aromatic carbocycles. The van der Waals surface area contributed by atoms with E-state index >= 15 is 0 Å². The Labute approximate surface area is 220 Å². The van der Waals surface area contributed by atoms with Crippen molar-refractivity contribution in [2.24, 2.45) is 5.11 Å². The number of hydrogen-bond donors (Lipinski definition) is 10. The Bertz CT molecular complexity index is 865. The average molecular weight is 571 g/mol. The molecular weight excluding hydrogens is 536 g/mol. The molecule has 3 rings (SSSR count). The molecule has 3 saturated heterocycles. The monoisotopic (exact) mass is 570 g/mol. The van der Waals surface area contributed by atoms with Crippen LogP contribution in [-0.2, 0) is 28.5 Å². The minimum absolute atomic E-state index is 0.660. The van der Waals surface area contributed by atoms with Crippen LogP contribution in [0.2, 0.25) is 0 Å². The zero-order chi connectivity index (χ0) is 29.0. The lowest BCUT2D eigenvalue weighted by molar-refractivity contribution is -0.366. The van der Waals surface area contributed by atoms with Gasteiger partial charge in [-0.2, -0.15) is 0 Å². The predicted octanol–water partition coefficient (Wildman–Crippen LogP) is -6.11. The van der Waals surface area contributed by atoms with E-state index in [1.807, 2.05) is 0 Å². The van der Waals surface area contributed by atoms with Crippen molar-refractivity contribution in [1.82, 2.24) is 5.32 Å². The number of carbonyl (C=O) groups excluding carboxylic acids is 1. The highest BCUT2D eigenvalue weighted by atomic mass is 16.7. The summed E-state index contributed by atoms with van der Waals surface area (Å²) in [5, 5.41) is 97.6. The van der Waals surface area contributed by atoms with Crippen molar-refractivity contribution in [3.05, 3.63) is 10.4 Å². The van der Waals surface area contributed by atoms with E-state index < -0.39 is 118 Å². The van der Waals surface area contributed by atoms with Crippen LogP contribution in [0.25, 0.3) is 10.4 Å². The maximum absolute atomic E-state index is 11.7. The minimum Gasteiger partial charge on any atom is -0.394 e. The SMILES string of the molecule is CC(=O)NC1[C@H](O[C@@H]2C(O)[C@H](O[C@@H]3C(CO)O[C@@H](N=[N+]=[N-])C(O)[C@H]3O)OC(CO)[C@@H]2O)OC(CO)[C@@H](O)[C@@H]1O. The average Bonchev–Trinajstić information content (AvgIpc) is 2.91. The number of azide groups is 1. The van der Waals surface area contributed by atoms with Crippen LogP contribution in [0.5, 0.6) is 0 Å². The van der Waals surface area contributed by atoms with Crippen LogP contribution >= 0.6 is 0 Å². The van der Waals surface area contributed by atoms with Gasteiger partial charge in [0.05, 0.1) is 19.8 Å². The molecule has 0 bridgehead atoms. The number of aliphatic hydroxyl groups excluding tert-OH is 9. The zero-order valence-corrected chi connectivity index (χ0v) is 20.6. The number of amides is 1. The lowest BCUT2D eigenvalue weighted by Crippen LogP contribution is -2.68. The first-order valence-corrected chi connectivity index (χ1v) is 12.0. The lowest BCUT2D eigenvalue weighted by atomic mass is 9.95. The van der Waals surface area contributed by atoms with E-state index in [1.54, 1.807) is 0 Å². The zero-order valence-electron chi connectivity index (χ0n) is 20.6. The predicted molar refractivity (Wildman–Crippen MR) is 120 cm³/mol. The van der Waals surface area contributed by atoms with Crippen molar-refractivity contribution < 1.29 is 74.4 Å². The van der Waals surface area contributed by atoms with Crippen LogP contribution in [0.3, 0.4) is 0 Å². The van der Waals surface area contributed by atoms with Crippen LogP contribution in [0.1, 0.15) is 6.92 Å². The number of rotatable bonds is 9. The molecule has 19 nitrogen and oxygen atoms in total. The Kier molecular flexibility index (Phi) is 11.2. The van der Waals surface area contributed by atoms with Crippen molar-refractivity contribution in [2.75, 3.05) is 19.8 Å². The molecule has 10 N–H and O–H groups in total. The smallest absolute Gasteiger partial charge is 0.217 e. The fourth-order valence-electron chi connectivity index (χ4n) is 4.60. The first-order chi connectivity index (χ1) is 18.5. The molecule has 3 aliphatic heterocycles. The third-order valence-electron chi connectivity index (χ3n) is 6.66. The van der Waals surface area contributed by atoms with Crippen molar-refractivity contribution in [2.45, 2.75) is 98.9 Å². The van der Waals surface area contributed by atoms with E-state index in [9.17, 15) is 50.8 Å². The number of hydrogen-bond acceptors (Lipinski definition) is 16. The molecule has 0 saturated carbocycles. The molecular formula is C20H34N4O15. The topological polar surface area (TPSA) is 306 Å². The van der Waals surface area contributed by atoms with E-state index in [1.165, 1.54) is 0 Å². The van der Waals surface area contributed by atoms with E-state index in [4.69, 9.17) is 29.2 Å². The summed E-state index contributed by atoms with van der Waals surface area (Å²) in [4.78, 5) is 14.2. The third kappa shape index (κ3) is 6.76. The van der Waals surface area contributed by atoms with Crippen LogP contribution in [-0.4, -0.2) is 164 Å². The van der Waals surface area contributed by atoms with Crippen LogP contribution in [0.15, 0.2) is 5.11 Å². The van der Waals surface area contributed by atoms with Gasteiger partial charge in [0, 0.05) is 11.8 Å². The van der Waals surface area contributed by atoms with Gasteiger partial charge in [-0.3, -0.25) is 4.79 Å². The molecule has 15 atom stereocenters. The largest absolute Gasteiger partial charge is 0.394 e. The number of aliphatic hydroxyl groups is 9. The summed E-state index contributed by atoms with van der Waals surface area (Å²) in [6.07, 6.45) is -23.2. The maximum Gasteiger partial charge on any atom is 0.217 e. The van der Waals surface area contributed by atoms with Gasteiger partial charge in [-0.25, -0.2) is 0 Å². The fraction of sp³-hybridized carbons (Fsp3) is 0.950. The molecule has 0 spiro atoms. The van der Waals surface area contributed by atoms with Gasteiger partial charge < -0.3 is 75.0 Å². The van der Waals surface area contributed by atoms with Gasteiger partial charge in [0.15, 0.2) is 18.8 Å². The van der Waals surface area contributed by atoms with Crippen molar-refractivity contribution in [3.63, 3.8) is 0 Å². The molecule has 0 aromatic heterocycles. The lowest BCUT2D eigenvalue weighted by Gasteiger charge is -2.48. The summed E-state index contributed by atoms with van der Waals surface area (Å²) in [5.74, 6) is -0.660. The van der Waals surface area contributed by atoms with Crippen LogP contribution in [0, 0.1) is 0 Å². The second-order valence-corrected chi connectivity index (χ2v) is 9.27. The highest BCUT2D eigenvalue weighted by molar-refractivity contribution is 5.73. The molecule has 3 heterocycles. The van der Waals surface area contributed by atoms with Crippen LogP contribution < -0.4 is 5.32 Å². The van der Waals surface area contributed by atoms with Gasteiger partial charge >= 0.3 is 0 Å². The van der Waals surface area contributed by atoms with E-state index in [2.05, 4.69) is 15.3 Å². The Morgan fingerprint density at radius 3 is 1.90 bits per heavy atom. The number of nitrogens with zero attached hydrogens (tertiary/aromatic N) is 3. The molecule has 224 valence electrons. The van der Waals surface area contributed by atoms with Gasteiger partial charge in [-0.1, -0.05) is 5.11 Å². The molecule has 3 aliphatic rings. The normalized spacial score (nSPS) is 46.8. The summed E-state index contributed by atoms with van der Waals surface area (Å²) in [6, 6.07) is -1.44. The van der Waals surface area contributed by atoms with Gasteiger partial charge in [0.1, 0.15) is 73.2 Å². The Morgan fingerprint density at radius 2 is 1.33 bits per heavy atom. The fourth-order valence-corrected chi connectivity index (χ4v) is 4.60. The highest BCUT2D eigenvalue weighted by Crippen LogP contribution is 2.32. The summed E-state index contributed by atoms with van der Waals surface area (Å²) in [7, 11) is 0. The first kappa shape index (κ1) is 31.7. The summed E-state index contributed by atoms with van der Waals surface area (Å²) >= 11 is 0. The molecule has 1 amide bonds. The van der Waals surface area contributed by atoms with Crippen molar-refractivity contribution >= 4 is 5.91 Å². The molecule has 0 aliphatic carbocycles. The summed E-state index contributed by atoms with van der Waals surface area (Å²) in [5.41, 5.74) is 8.62. The van der Waals surface area contributed by atoms with E-state index in [0.29, 0.717) is 0 Å². The Morgan fingerprint density at radius 1 is 0.769 bits per heavy atom. The van der Waals surface area contributed by atoms with Gasteiger partial charge in [-0.15, -0.1) is 0 Å². The van der Waals surface area contributed by atoms with Gasteiger partial charge in [-0.05, 0) is 5.53 Å². The van der Waals surface area contributed by atoms with Crippen LogP contribution in [0.4, 0.5) is 0 Å². The molecule has 0 radical (unpaired) electrons. The maximum atomic E-state index is 11.7. The van der Waals surface area contributed by atoms with Crippen molar-refractivity contribution in [3.8, 4) is 0 Å². The van der Waals surface area contributed by atoms with Gasteiger partial charge in [0.25, 0.3) is 0 Å². The molecule has 3 fully saturated rings. The van der Waals surface area contributed by atoms with Crippen molar-refractivity contribution in [1.29, 1.82) is 0 Å². The van der Waals surface area contributed by atoms with E-state index in [0.717, 1.165) is 6.92 Å². The quantitative estimate of drug-likeness (QED) is 0.0700. The summed E-state index contributed by atoms with van der Waals surface area (Å²) in [6.45, 7) is -1.29. The highest BCUT2D eigenvalue weighted by Gasteiger charge is 2.53. The standard InChI is InChI=1S/C20H34N4O15/c1-5(28)22-9-12(31)10(29)6(2-25)36-19(9)39-17-11(30)7(3-26)37-20(15(17)34)38-16-8(4-27)35-18(23-24-21)14(33)13(16)32/h6-20,25-27,29-34H,2-4H2,1H3,(H,22,28)/t6?,7?,8?,9?,10-,11+,12-,13-,14?,15?,16-,17+,18-,19+,20+/m1/s1. The number of nitrogens with one attached hydrogen (secondary N) is 1. The molecule has 39 heavy (non-hydrogen) atoms. The summed E-state index contributed by atoms with van der Waals surface area (Å²) < 4.78 is 27.4. The van der Waals surface area contributed by atoms with E-state index in [-0.39, 0.29) is 0 Å².